The summed E-state index contributed by atoms with van der Waals surface area (Å²) in [5, 5.41) is 27.7. The topological polar surface area (TPSA) is 113 Å². The van der Waals surface area contributed by atoms with Gasteiger partial charge in [-0.3, -0.25) is 0 Å². The molecule has 1 aliphatic heterocycles. The van der Waals surface area contributed by atoms with E-state index >= 15 is 0 Å². The minimum atomic E-state index is -4.98. The van der Waals surface area contributed by atoms with Crippen molar-refractivity contribution in [3.63, 3.8) is 0 Å². The summed E-state index contributed by atoms with van der Waals surface area (Å²) < 4.78 is 86.5. The molecule has 0 bridgehead atoms. The fraction of sp³-hybridized carbons (Fsp3) is 0.455. The Morgan fingerprint density at radius 2 is 1.69 bits per heavy atom. The van der Waals surface area contributed by atoms with E-state index in [-0.39, 0.29) is 34.3 Å². The molecule has 2 atom stereocenters. The van der Waals surface area contributed by atoms with Crippen molar-refractivity contribution in [1.82, 2.24) is 4.90 Å². The Labute approximate surface area is 289 Å². The largest absolute Gasteiger partial charge is 0.416 e. The lowest BCUT2D eigenvalue weighted by Crippen LogP contribution is -2.43. The van der Waals surface area contributed by atoms with Gasteiger partial charge < -0.3 is 30.5 Å². The van der Waals surface area contributed by atoms with Crippen molar-refractivity contribution in [2.45, 2.75) is 49.6 Å². The first-order chi connectivity index (χ1) is 23.1. The molecule has 2 aliphatic rings. The van der Waals surface area contributed by atoms with Gasteiger partial charge in [-0.05, 0) is 61.6 Å². The zero-order valence-corrected chi connectivity index (χ0v) is 27.7. The van der Waals surface area contributed by atoms with Crippen LogP contribution in [0.1, 0.15) is 42.7 Å². The van der Waals surface area contributed by atoms with Crippen molar-refractivity contribution in [3.8, 4) is 0 Å². The second-order valence-corrected chi connectivity index (χ2v) is 12.8. The molecule has 2 unspecified atom stereocenters. The van der Waals surface area contributed by atoms with Crippen molar-refractivity contribution in [2.24, 2.45) is 22.0 Å². The van der Waals surface area contributed by atoms with E-state index in [4.69, 9.17) is 43.7 Å². The molecular weight excluding hydrogens is 701 g/mol. The predicted molar refractivity (Wildman–Crippen MR) is 174 cm³/mol. The van der Waals surface area contributed by atoms with Crippen LogP contribution in [-0.2, 0) is 15.2 Å². The number of nitrogens with zero attached hydrogens (tertiary/aromatic N) is 3. The quantitative estimate of drug-likeness (QED) is 0.0643. The van der Waals surface area contributed by atoms with E-state index < -0.39 is 60.6 Å². The van der Waals surface area contributed by atoms with Gasteiger partial charge in [0.25, 0.3) is 0 Å². The molecule has 2 aromatic carbocycles. The molecule has 1 saturated heterocycles. The highest BCUT2D eigenvalue weighted by Gasteiger charge is 2.42. The third kappa shape index (κ3) is 10.8. The zero-order valence-electron chi connectivity index (χ0n) is 26.2. The Morgan fingerprint density at radius 3 is 2.31 bits per heavy atom. The molecule has 4 rings (SSSR count). The summed E-state index contributed by atoms with van der Waals surface area (Å²) in [7, 11) is 0. The number of halogens is 8. The fourth-order valence-electron chi connectivity index (χ4n) is 5.84. The van der Waals surface area contributed by atoms with Crippen LogP contribution in [0.4, 0.5) is 26.3 Å². The normalized spacial score (nSPS) is 20.1. The van der Waals surface area contributed by atoms with Crippen molar-refractivity contribution < 1.29 is 46.2 Å². The van der Waals surface area contributed by atoms with Gasteiger partial charge in [0.05, 0.1) is 40.1 Å². The number of amidine groups is 1. The first-order valence-electron chi connectivity index (χ1n) is 15.3. The number of oxime groups is 2. The van der Waals surface area contributed by atoms with E-state index in [0.29, 0.717) is 44.5 Å². The number of hydrogen-bond donors (Lipinski definition) is 3. The van der Waals surface area contributed by atoms with Gasteiger partial charge in [0.1, 0.15) is 0 Å². The van der Waals surface area contributed by atoms with Crippen LogP contribution in [0.15, 0.2) is 82.1 Å². The van der Waals surface area contributed by atoms with Gasteiger partial charge in [0.15, 0.2) is 12.4 Å². The standard InChI is InChI=1S/C33H36Cl2F6N4O4/c34-27-7-6-22(16-28(27)35)26(8-11-45-12-9-31(46,10-13-45)23-4-2-1-3-5-23)29(44-49-20-30(42)43-47)19-48-18-21-14-24(32(36,37)38)17-25(15-21)33(39,40)41/h1-7,14,16-17,21,26,46-47H,8-13,15,18-20H2,(H2,42,43)/b44-29+. The van der Waals surface area contributed by atoms with E-state index in [2.05, 4.69) is 15.2 Å². The zero-order chi connectivity index (χ0) is 35.8. The van der Waals surface area contributed by atoms with Gasteiger partial charge in [-0.1, -0.05) is 76.0 Å². The highest BCUT2D eigenvalue weighted by Crippen LogP contribution is 2.40. The average molecular weight is 738 g/mol. The Kier molecular flexibility index (Phi) is 13.0. The van der Waals surface area contributed by atoms with Gasteiger partial charge in [-0.2, -0.15) is 26.3 Å². The van der Waals surface area contributed by atoms with Crippen LogP contribution in [0, 0.1) is 5.92 Å². The summed E-state index contributed by atoms with van der Waals surface area (Å²) in [6.45, 7) is 0.420. The summed E-state index contributed by atoms with van der Waals surface area (Å²) in [6.07, 6.45) is -8.39. The van der Waals surface area contributed by atoms with Gasteiger partial charge in [-0.15, -0.1) is 0 Å². The monoisotopic (exact) mass is 736 g/mol. The smallest absolute Gasteiger partial charge is 0.409 e. The summed E-state index contributed by atoms with van der Waals surface area (Å²) in [5.74, 6) is -2.10. The molecule has 1 aliphatic carbocycles. The minimum absolute atomic E-state index is 0.117. The van der Waals surface area contributed by atoms with E-state index in [1.807, 2.05) is 30.3 Å². The van der Waals surface area contributed by atoms with Gasteiger partial charge in [-0.25, -0.2) is 0 Å². The van der Waals surface area contributed by atoms with E-state index in [0.717, 1.165) is 11.6 Å². The van der Waals surface area contributed by atoms with Crippen LogP contribution in [0.3, 0.4) is 0 Å². The summed E-state index contributed by atoms with van der Waals surface area (Å²) in [6, 6.07) is 14.3. The summed E-state index contributed by atoms with van der Waals surface area (Å²) in [4.78, 5) is 7.47. The second kappa shape index (κ2) is 16.6. The molecular formula is C33H36Cl2F6N4O4. The molecule has 49 heavy (non-hydrogen) atoms. The maximum Gasteiger partial charge on any atom is 0.416 e. The molecule has 0 amide bonds. The van der Waals surface area contributed by atoms with Crippen LogP contribution < -0.4 is 5.73 Å². The molecule has 0 spiro atoms. The predicted octanol–water partition coefficient (Wildman–Crippen LogP) is 7.58. The third-order valence-corrected chi connectivity index (χ3v) is 9.24. The van der Waals surface area contributed by atoms with E-state index in [1.54, 1.807) is 18.2 Å². The lowest BCUT2D eigenvalue weighted by Gasteiger charge is -2.39. The summed E-state index contributed by atoms with van der Waals surface area (Å²) in [5.41, 5.74) is 3.55. The maximum atomic E-state index is 13.5. The van der Waals surface area contributed by atoms with Gasteiger partial charge >= 0.3 is 12.4 Å². The lowest BCUT2D eigenvalue weighted by atomic mass is 9.84. The van der Waals surface area contributed by atoms with Gasteiger partial charge in [0, 0.05) is 30.5 Å². The molecule has 1 heterocycles. The maximum absolute atomic E-state index is 13.5. The van der Waals surface area contributed by atoms with Crippen LogP contribution >= 0.6 is 23.2 Å². The number of alkyl halides is 6. The van der Waals surface area contributed by atoms with Crippen molar-refractivity contribution >= 4 is 34.7 Å². The number of benzene rings is 2. The molecule has 0 aromatic heterocycles. The van der Waals surface area contributed by atoms with E-state index in [9.17, 15) is 31.4 Å². The van der Waals surface area contributed by atoms with Crippen molar-refractivity contribution in [2.75, 3.05) is 39.5 Å². The number of likely N-dealkylation sites (tertiary alicyclic amines) is 1. The first-order valence-corrected chi connectivity index (χ1v) is 16.1. The van der Waals surface area contributed by atoms with Crippen LogP contribution in [-0.4, -0.2) is 78.6 Å². The second-order valence-electron chi connectivity index (χ2n) is 12.0. The van der Waals surface area contributed by atoms with Crippen molar-refractivity contribution in [3.05, 3.63) is 93.0 Å². The molecule has 8 nitrogen and oxygen atoms in total. The fourth-order valence-corrected chi connectivity index (χ4v) is 6.14. The molecule has 2 aromatic rings. The Morgan fingerprint density at radius 1 is 1.00 bits per heavy atom. The molecule has 268 valence electrons. The van der Waals surface area contributed by atoms with Crippen LogP contribution in [0.2, 0.25) is 10.0 Å². The molecule has 4 N–H and O–H groups in total. The third-order valence-electron chi connectivity index (χ3n) is 8.50. The summed E-state index contributed by atoms with van der Waals surface area (Å²) >= 11 is 12.5. The number of rotatable bonds is 13. The first kappa shape index (κ1) is 38.5. The van der Waals surface area contributed by atoms with Crippen LogP contribution in [0.5, 0.6) is 0 Å². The molecule has 0 radical (unpaired) electrons. The molecule has 1 fully saturated rings. The Hall–Kier alpha value is -3.30. The Bertz CT molecular complexity index is 1540. The van der Waals surface area contributed by atoms with Gasteiger partial charge in [0.2, 0.25) is 0 Å². The number of nitrogens with two attached hydrogens (primary N) is 1. The van der Waals surface area contributed by atoms with E-state index in [1.165, 1.54) is 0 Å². The SMILES string of the molecule is N/C(CO/N=C(\COCC1C=C(C(F)(F)F)C=C(C(F)(F)F)C1)C(CCN1CCC(O)(c2ccccc2)CC1)c1ccc(Cl)c(Cl)c1)=N\O. The molecule has 0 saturated carbocycles. The highest BCUT2D eigenvalue weighted by molar-refractivity contribution is 6.42. The Balaban J connectivity index is 1.54. The average Bonchev–Trinajstić information content (AvgIpc) is 3.06. The molecule has 16 heteroatoms. The number of ether oxygens (including phenoxy) is 1. The number of allylic oxidation sites excluding steroid dienone is 3. The number of hydrogen-bond acceptors (Lipinski definition) is 7. The highest BCUT2D eigenvalue weighted by atomic mass is 35.5. The number of piperidine rings is 1. The van der Waals surface area contributed by atoms with Crippen LogP contribution in [0.25, 0.3) is 0 Å². The minimum Gasteiger partial charge on any atom is -0.409 e. The number of aliphatic hydroxyl groups is 1. The van der Waals surface area contributed by atoms with Crippen molar-refractivity contribution in [1.29, 1.82) is 0 Å². The lowest BCUT2D eigenvalue weighted by molar-refractivity contribution is -0.101.